The Balaban J connectivity index is 1.14. The molecule has 8 rings (SSSR count). The number of thiazole rings is 1. The number of benzene rings is 3. The molecule has 2 aliphatic heterocycles. The number of aromatic amines is 1. The van der Waals surface area contributed by atoms with Gasteiger partial charge in [0.15, 0.2) is 6.61 Å². The summed E-state index contributed by atoms with van der Waals surface area (Å²) in [5.74, 6) is -0.599. The third-order valence-corrected chi connectivity index (χ3v) is 13.2. The summed E-state index contributed by atoms with van der Waals surface area (Å²) in [5.41, 5.74) is 3.08. The first-order valence-corrected chi connectivity index (χ1v) is 17.9. The van der Waals surface area contributed by atoms with E-state index >= 15 is 0 Å². The SMILES string of the molecule is COc1ccc(N2C(=O)[C@H]3[C@H]4C[C@@H]([C@@H]3C2=O)[C@@H]2[C@H](c3cc(Br)ccc3OCC(=O)Nc3ccccc3C)c3sc(=O)[nH]c3S[C@H]42)cc1. The minimum atomic E-state index is -0.437. The van der Waals surface area contributed by atoms with E-state index in [1.807, 2.05) is 49.4 Å². The molecule has 0 spiro atoms. The molecule has 3 heterocycles. The van der Waals surface area contributed by atoms with Crippen molar-refractivity contribution in [2.45, 2.75) is 29.5 Å². The molecule has 2 bridgehead atoms. The van der Waals surface area contributed by atoms with Crippen LogP contribution >= 0.6 is 39.0 Å². The molecule has 2 aliphatic carbocycles. The average Bonchev–Trinajstić information content (AvgIpc) is 3.80. The van der Waals surface area contributed by atoms with Crippen LogP contribution in [0.2, 0.25) is 0 Å². The summed E-state index contributed by atoms with van der Waals surface area (Å²) >= 11 is 6.46. The Morgan fingerprint density at radius 1 is 1.02 bits per heavy atom. The third-order valence-electron chi connectivity index (χ3n) is 10.1. The van der Waals surface area contributed by atoms with Gasteiger partial charge in [-0.25, -0.2) is 0 Å². The molecule has 1 aromatic heterocycles. The van der Waals surface area contributed by atoms with Crippen LogP contribution in [0.1, 0.15) is 28.3 Å². The maximum atomic E-state index is 14.1. The molecular weight excluding hydrogens is 702 g/mol. The second kappa shape index (κ2) is 11.7. The number of fused-ring (bicyclic) bond motifs is 9. The lowest BCUT2D eigenvalue weighted by atomic mass is 9.68. The zero-order valence-corrected chi connectivity index (χ0v) is 28.6. The Hall–Kier alpha value is -3.87. The van der Waals surface area contributed by atoms with E-state index in [-0.39, 0.29) is 58.1 Å². The predicted octanol–water partition coefficient (Wildman–Crippen LogP) is 6.21. The van der Waals surface area contributed by atoms with Gasteiger partial charge in [0.1, 0.15) is 11.5 Å². The lowest BCUT2D eigenvalue weighted by Crippen LogP contribution is -2.42. The summed E-state index contributed by atoms with van der Waals surface area (Å²) in [7, 11) is 1.58. The Kier molecular flexibility index (Phi) is 7.57. The van der Waals surface area contributed by atoms with Crippen molar-refractivity contribution in [3.8, 4) is 11.5 Å². The minimum absolute atomic E-state index is 0.0183. The van der Waals surface area contributed by atoms with Crippen LogP contribution < -0.4 is 24.6 Å². The van der Waals surface area contributed by atoms with Crippen LogP contribution in [0.5, 0.6) is 11.5 Å². The van der Waals surface area contributed by atoms with Gasteiger partial charge in [-0.1, -0.05) is 45.5 Å². The number of nitrogens with one attached hydrogen (secondary N) is 2. The van der Waals surface area contributed by atoms with E-state index in [4.69, 9.17) is 9.47 Å². The normalized spacial score (nSPS) is 27.0. The van der Waals surface area contributed by atoms with E-state index < -0.39 is 11.8 Å². The highest BCUT2D eigenvalue weighted by Gasteiger charge is 2.69. The summed E-state index contributed by atoms with van der Waals surface area (Å²) in [6.45, 7) is 1.73. The molecule has 3 amide bonds. The number of methoxy groups -OCH3 is 1. The zero-order chi connectivity index (χ0) is 32.6. The number of hydrogen-bond acceptors (Lipinski definition) is 8. The van der Waals surface area contributed by atoms with E-state index in [0.29, 0.717) is 17.2 Å². The van der Waals surface area contributed by atoms with Gasteiger partial charge in [0.2, 0.25) is 11.8 Å². The number of aryl methyl sites for hydroxylation is 1. The number of amides is 3. The molecule has 2 saturated carbocycles. The highest BCUT2D eigenvalue weighted by molar-refractivity contribution is 9.10. The summed E-state index contributed by atoms with van der Waals surface area (Å²) in [4.78, 5) is 59.0. The van der Waals surface area contributed by atoms with Crippen molar-refractivity contribution in [2.24, 2.45) is 29.6 Å². The number of hydrogen-bond donors (Lipinski definition) is 2. The van der Waals surface area contributed by atoms with Crippen LogP contribution in [0.4, 0.5) is 11.4 Å². The number of thioether (sulfide) groups is 1. The lowest BCUT2D eigenvalue weighted by Gasteiger charge is -2.43. The third kappa shape index (κ3) is 4.95. The molecule has 240 valence electrons. The number of halogens is 1. The number of ether oxygens (including phenoxy) is 2. The number of anilines is 2. The van der Waals surface area contributed by atoms with Crippen molar-refractivity contribution in [2.75, 3.05) is 23.9 Å². The Bertz CT molecular complexity index is 1990. The van der Waals surface area contributed by atoms with Gasteiger partial charge < -0.3 is 19.8 Å². The smallest absolute Gasteiger partial charge is 0.305 e. The van der Waals surface area contributed by atoms with Crippen molar-refractivity contribution in [3.05, 3.63) is 96.9 Å². The van der Waals surface area contributed by atoms with E-state index in [1.165, 1.54) is 16.2 Å². The average molecular weight is 733 g/mol. The molecule has 12 heteroatoms. The fourth-order valence-electron chi connectivity index (χ4n) is 8.29. The van der Waals surface area contributed by atoms with Crippen molar-refractivity contribution < 1.29 is 23.9 Å². The highest BCUT2D eigenvalue weighted by atomic mass is 79.9. The lowest BCUT2D eigenvalue weighted by molar-refractivity contribution is -0.123. The first-order chi connectivity index (χ1) is 22.7. The number of carbonyl (C=O) groups excluding carboxylic acids is 3. The molecule has 3 aromatic carbocycles. The largest absolute Gasteiger partial charge is 0.497 e. The van der Waals surface area contributed by atoms with Crippen LogP contribution in [-0.4, -0.2) is 41.7 Å². The molecule has 0 radical (unpaired) electrons. The van der Waals surface area contributed by atoms with Crippen molar-refractivity contribution in [1.82, 2.24) is 4.98 Å². The van der Waals surface area contributed by atoms with Crippen LogP contribution in [-0.2, 0) is 14.4 Å². The summed E-state index contributed by atoms with van der Waals surface area (Å²) < 4.78 is 12.3. The van der Waals surface area contributed by atoms with Crippen molar-refractivity contribution in [3.63, 3.8) is 0 Å². The second-order valence-electron chi connectivity index (χ2n) is 12.5. The molecule has 7 atom stereocenters. The predicted molar refractivity (Wildman–Crippen MR) is 183 cm³/mol. The van der Waals surface area contributed by atoms with Crippen molar-refractivity contribution in [1.29, 1.82) is 0 Å². The molecule has 3 fully saturated rings. The molecule has 4 aromatic rings. The summed E-state index contributed by atoms with van der Waals surface area (Å²) in [6.07, 6.45) is 0.768. The van der Waals surface area contributed by atoms with Crippen LogP contribution in [0.15, 0.2) is 81.0 Å². The standard InChI is InChI=1S/C35H30BrN3O6S2/c1-16-5-3-4-6-23(16)37-25(40)15-45-24-12-7-17(36)13-20(24)26-27-21-14-22(30(27)46-32-31(26)47-35(43)38-32)29-28(21)33(41)39(34(29)42)18-8-10-19(44-2)11-9-18/h3-13,21-22,26-30H,14-15H2,1-2H3,(H,37,40)(H,38,43)/t21-,22-,26+,27-,28+,29+,30-/m1/s1. The van der Waals surface area contributed by atoms with E-state index in [1.54, 1.807) is 43.1 Å². The summed E-state index contributed by atoms with van der Waals surface area (Å²) in [6, 6.07) is 20.3. The number of rotatable bonds is 7. The summed E-state index contributed by atoms with van der Waals surface area (Å²) in [5, 5.41) is 3.75. The quantitative estimate of drug-likeness (QED) is 0.217. The van der Waals surface area contributed by atoms with Gasteiger partial charge in [0.05, 0.1) is 29.7 Å². The zero-order valence-electron chi connectivity index (χ0n) is 25.4. The molecule has 0 unspecified atom stereocenters. The number of nitrogens with zero attached hydrogens (tertiary/aromatic N) is 1. The Morgan fingerprint density at radius 3 is 2.51 bits per heavy atom. The number of H-pyrrole nitrogens is 1. The second-order valence-corrected chi connectivity index (χ2v) is 15.6. The van der Waals surface area contributed by atoms with Crippen LogP contribution in [0.3, 0.4) is 0 Å². The van der Waals surface area contributed by atoms with Gasteiger partial charge in [-0.3, -0.25) is 24.1 Å². The molecule has 4 aliphatic rings. The minimum Gasteiger partial charge on any atom is -0.497 e. The van der Waals surface area contributed by atoms with Crippen LogP contribution in [0.25, 0.3) is 0 Å². The topological polar surface area (TPSA) is 118 Å². The fraction of sp³-hybridized carbons (Fsp3) is 0.314. The number of aromatic nitrogens is 1. The monoisotopic (exact) mass is 731 g/mol. The van der Waals surface area contributed by atoms with Gasteiger partial charge in [0.25, 0.3) is 5.91 Å². The number of imide groups is 1. The first kappa shape index (κ1) is 30.5. The number of para-hydroxylation sites is 1. The van der Waals surface area contributed by atoms with Gasteiger partial charge >= 0.3 is 4.87 Å². The van der Waals surface area contributed by atoms with Crippen molar-refractivity contribution >= 4 is 68.1 Å². The van der Waals surface area contributed by atoms with E-state index in [2.05, 4.69) is 26.2 Å². The van der Waals surface area contributed by atoms with Gasteiger partial charge in [-0.15, -0.1) is 11.8 Å². The first-order valence-electron chi connectivity index (χ1n) is 15.4. The molecule has 2 N–H and O–H groups in total. The Morgan fingerprint density at radius 2 is 1.77 bits per heavy atom. The van der Waals surface area contributed by atoms with Gasteiger partial charge in [-0.2, -0.15) is 0 Å². The maximum absolute atomic E-state index is 14.1. The highest BCUT2D eigenvalue weighted by Crippen LogP contribution is 2.69. The maximum Gasteiger partial charge on any atom is 0.305 e. The van der Waals surface area contributed by atoms with Crippen LogP contribution in [0, 0.1) is 36.5 Å². The molecular formula is C35H30BrN3O6S2. The molecule has 47 heavy (non-hydrogen) atoms. The Labute approximate surface area is 287 Å². The molecule has 1 saturated heterocycles. The molecule has 9 nitrogen and oxygen atoms in total. The van der Waals surface area contributed by atoms with Gasteiger partial charge in [0, 0.05) is 31.8 Å². The van der Waals surface area contributed by atoms with E-state index in [9.17, 15) is 19.2 Å². The van der Waals surface area contributed by atoms with E-state index in [0.717, 1.165) is 37.6 Å². The fourth-order valence-corrected chi connectivity index (χ4v) is 11.5. The number of carbonyl (C=O) groups is 3. The van der Waals surface area contributed by atoms with Gasteiger partial charge in [-0.05, 0) is 85.2 Å².